The van der Waals surface area contributed by atoms with Gasteiger partial charge >= 0.3 is 17.9 Å². The zero-order valence-electron chi connectivity index (χ0n) is 15.9. The molecular formula is C19H25NO7. The second kappa shape index (κ2) is 10.3. The smallest absolute Gasteiger partial charge is 0.327 e. The predicted octanol–water partition coefficient (Wildman–Crippen LogP) is 1.62. The number of hydrogen-bond acceptors (Lipinski definition) is 6. The van der Waals surface area contributed by atoms with E-state index in [1.807, 2.05) is 6.07 Å². The molecular weight excluding hydrogens is 354 g/mol. The van der Waals surface area contributed by atoms with Crippen molar-refractivity contribution < 1.29 is 33.8 Å². The van der Waals surface area contributed by atoms with Crippen molar-refractivity contribution in [1.82, 2.24) is 5.32 Å². The molecule has 2 N–H and O–H groups in total. The minimum atomic E-state index is -1.64. The van der Waals surface area contributed by atoms with Gasteiger partial charge in [-0.15, -0.1) is 0 Å². The number of benzene rings is 1. The Labute approximate surface area is 157 Å². The third-order valence-corrected chi connectivity index (χ3v) is 3.72. The topological polar surface area (TPSA) is 119 Å². The Balaban J connectivity index is 3.11. The van der Waals surface area contributed by atoms with Crippen LogP contribution in [0.25, 0.3) is 0 Å². The molecule has 0 spiro atoms. The first-order valence-corrected chi connectivity index (χ1v) is 8.63. The number of nitrogens with one attached hydrogen (secondary N) is 1. The predicted molar refractivity (Wildman–Crippen MR) is 96.2 cm³/mol. The van der Waals surface area contributed by atoms with E-state index in [2.05, 4.69) is 5.32 Å². The minimum Gasteiger partial charge on any atom is -0.480 e. The first-order chi connectivity index (χ1) is 12.7. The molecule has 0 aromatic heterocycles. The number of carbonyl (C=O) groups excluding carboxylic acids is 3. The van der Waals surface area contributed by atoms with Crippen LogP contribution in [-0.2, 0) is 23.9 Å². The Hall–Kier alpha value is -2.90. The first kappa shape index (κ1) is 22.1. The summed E-state index contributed by atoms with van der Waals surface area (Å²) < 4.78 is 9.68. The number of aryl methyl sites for hydroxylation is 2. The lowest BCUT2D eigenvalue weighted by atomic mass is 9.95. The van der Waals surface area contributed by atoms with Crippen LogP contribution in [0, 0.1) is 19.8 Å². The first-order valence-electron chi connectivity index (χ1n) is 8.63. The van der Waals surface area contributed by atoms with E-state index in [1.54, 1.807) is 39.8 Å². The Morgan fingerprint density at radius 3 is 2.04 bits per heavy atom. The van der Waals surface area contributed by atoms with Gasteiger partial charge in [0.25, 0.3) is 5.91 Å². The second-order valence-corrected chi connectivity index (χ2v) is 6.03. The van der Waals surface area contributed by atoms with Gasteiger partial charge in [-0.25, -0.2) is 4.79 Å². The van der Waals surface area contributed by atoms with Crippen LogP contribution in [0.2, 0.25) is 0 Å². The van der Waals surface area contributed by atoms with Crippen molar-refractivity contribution in [3.8, 4) is 0 Å². The molecule has 0 fully saturated rings. The molecule has 1 rings (SSSR count). The van der Waals surface area contributed by atoms with Crippen LogP contribution in [0.5, 0.6) is 0 Å². The molecule has 0 saturated carbocycles. The Morgan fingerprint density at radius 1 is 1.00 bits per heavy atom. The van der Waals surface area contributed by atoms with Gasteiger partial charge in [-0.2, -0.15) is 0 Å². The van der Waals surface area contributed by atoms with E-state index in [1.165, 1.54) is 0 Å². The number of carboxylic acid groups (broad SMARTS) is 1. The summed E-state index contributed by atoms with van der Waals surface area (Å²) in [5.41, 5.74) is 1.93. The van der Waals surface area contributed by atoms with Crippen molar-refractivity contribution >= 4 is 23.8 Å². The quantitative estimate of drug-likeness (QED) is 0.626. The monoisotopic (exact) mass is 379 g/mol. The van der Waals surface area contributed by atoms with Crippen LogP contribution in [0.1, 0.15) is 41.8 Å². The van der Waals surface area contributed by atoms with Crippen LogP contribution in [0.4, 0.5) is 0 Å². The zero-order valence-corrected chi connectivity index (χ0v) is 15.9. The fourth-order valence-electron chi connectivity index (χ4n) is 2.65. The molecule has 0 saturated heterocycles. The van der Waals surface area contributed by atoms with Crippen LogP contribution >= 0.6 is 0 Å². The molecule has 0 aliphatic heterocycles. The van der Waals surface area contributed by atoms with Gasteiger partial charge in [0.1, 0.15) is 6.04 Å². The molecule has 148 valence electrons. The van der Waals surface area contributed by atoms with Crippen LogP contribution < -0.4 is 5.32 Å². The standard InChI is InChI=1S/C19H25NO7/c1-5-26-15(21)10-14(19(25)27-6-2)16(18(23)24)20-17(22)13-8-11(3)7-12(4)9-13/h7-9,14,16H,5-6,10H2,1-4H3,(H,20,22)(H,23,24)/t14-,16+/m1/s1. The number of ether oxygens (including phenoxy) is 2. The van der Waals surface area contributed by atoms with Gasteiger partial charge in [0.05, 0.1) is 25.6 Å². The number of aliphatic carboxylic acids is 1. The number of esters is 2. The van der Waals surface area contributed by atoms with Gasteiger partial charge in [0.2, 0.25) is 0 Å². The Morgan fingerprint density at radius 2 is 1.56 bits per heavy atom. The van der Waals surface area contributed by atoms with Gasteiger partial charge in [-0.1, -0.05) is 17.2 Å². The number of amides is 1. The molecule has 1 amide bonds. The molecule has 27 heavy (non-hydrogen) atoms. The lowest BCUT2D eigenvalue weighted by molar-refractivity contribution is -0.159. The van der Waals surface area contributed by atoms with Crippen molar-refractivity contribution in [2.75, 3.05) is 13.2 Å². The lowest BCUT2D eigenvalue weighted by Gasteiger charge is -2.23. The third kappa shape index (κ3) is 6.73. The Kier molecular flexibility index (Phi) is 8.44. The van der Waals surface area contributed by atoms with E-state index < -0.39 is 42.2 Å². The van der Waals surface area contributed by atoms with Gasteiger partial charge in [0, 0.05) is 5.56 Å². The highest BCUT2D eigenvalue weighted by Crippen LogP contribution is 2.16. The molecule has 0 unspecified atom stereocenters. The highest BCUT2D eigenvalue weighted by atomic mass is 16.5. The fraction of sp³-hybridized carbons (Fsp3) is 0.474. The lowest BCUT2D eigenvalue weighted by Crippen LogP contribution is -2.49. The summed E-state index contributed by atoms with van der Waals surface area (Å²) in [6.07, 6.45) is -0.517. The number of carbonyl (C=O) groups is 4. The molecule has 2 atom stereocenters. The van der Waals surface area contributed by atoms with Crippen LogP contribution in [-0.4, -0.2) is 48.2 Å². The number of rotatable bonds is 9. The van der Waals surface area contributed by atoms with Crippen molar-refractivity contribution in [3.63, 3.8) is 0 Å². The van der Waals surface area contributed by atoms with E-state index >= 15 is 0 Å². The average molecular weight is 379 g/mol. The van der Waals surface area contributed by atoms with Crippen molar-refractivity contribution in [2.24, 2.45) is 5.92 Å². The largest absolute Gasteiger partial charge is 0.480 e. The molecule has 8 heteroatoms. The highest BCUT2D eigenvalue weighted by Gasteiger charge is 2.38. The summed E-state index contributed by atoms with van der Waals surface area (Å²) in [7, 11) is 0. The molecule has 1 aromatic rings. The maximum atomic E-state index is 12.5. The fourth-order valence-corrected chi connectivity index (χ4v) is 2.65. The summed E-state index contributed by atoms with van der Waals surface area (Å²) in [5, 5.41) is 11.9. The molecule has 8 nitrogen and oxygen atoms in total. The normalized spacial score (nSPS) is 12.6. The number of hydrogen-bond donors (Lipinski definition) is 2. The van der Waals surface area contributed by atoms with E-state index in [-0.39, 0.29) is 18.8 Å². The Bertz CT molecular complexity index is 694. The maximum Gasteiger partial charge on any atom is 0.327 e. The molecule has 0 aliphatic rings. The molecule has 0 bridgehead atoms. The van der Waals surface area contributed by atoms with Gasteiger partial charge < -0.3 is 19.9 Å². The summed E-state index contributed by atoms with van der Waals surface area (Å²) >= 11 is 0. The van der Waals surface area contributed by atoms with Gasteiger partial charge in [0.15, 0.2) is 0 Å². The average Bonchev–Trinajstić information content (AvgIpc) is 2.57. The summed E-state index contributed by atoms with van der Waals surface area (Å²) in [6, 6.07) is 3.44. The summed E-state index contributed by atoms with van der Waals surface area (Å²) in [5.74, 6) is -5.15. The van der Waals surface area contributed by atoms with Crippen LogP contribution in [0.15, 0.2) is 18.2 Å². The number of carboxylic acids is 1. The van der Waals surface area contributed by atoms with Crippen molar-refractivity contribution in [2.45, 2.75) is 40.2 Å². The van der Waals surface area contributed by atoms with Crippen LogP contribution in [0.3, 0.4) is 0 Å². The maximum absolute atomic E-state index is 12.5. The summed E-state index contributed by atoms with van der Waals surface area (Å²) in [6.45, 7) is 6.86. The minimum absolute atomic E-state index is 0.00944. The van der Waals surface area contributed by atoms with Crippen molar-refractivity contribution in [1.29, 1.82) is 0 Å². The van der Waals surface area contributed by atoms with Gasteiger partial charge in [-0.3, -0.25) is 14.4 Å². The molecule has 0 radical (unpaired) electrons. The second-order valence-electron chi connectivity index (χ2n) is 6.03. The third-order valence-electron chi connectivity index (χ3n) is 3.72. The molecule has 0 heterocycles. The van der Waals surface area contributed by atoms with E-state index in [0.717, 1.165) is 11.1 Å². The zero-order chi connectivity index (χ0) is 20.6. The van der Waals surface area contributed by atoms with E-state index in [4.69, 9.17) is 9.47 Å². The van der Waals surface area contributed by atoms with E-state index in [9.17, 15) is 24.3 Å². The highest BCUT2D eigenvalue weighted by molar-refractivity contribution is 5.98. The van der Waals surface area contributed by atoms with Gasteiger partial charge in [-0.05, 0) is 39.8 Å². The molecule has 1 aromatic carbocycles. The summed E-state index contributed by atoms with van der Waals surface area (Å²) in [4.78, 5) is 48.2. The van der Waals surface area contributed by atoms with Crippen molar-refractivity contribution in [3.05, 3.63) is 34.9 Å². The van der Waals surface area contributed by atoms with E-state index in [0.29, 0.717) is 0 Å². The SMILES string of the molecule is CCOC(=O)C[C@@H](C(=O)OCC)[C@H](NC(=O)c1cc(C)cc(C)c1)C(=O)O. The molecule has 0 aliphatic carbocycles.